The van der Waals surface area contributed by atoms with Gasteiger partial charge in [0.15, 0.2) is 0 Å². The Morgan fingerprint density at radius 1 is 1.56 bits per heavy atom. The molecule has 5 nitrogen and oxygen atoms in total. The molecule has 2 atom stereocenters. The number of hydrogen-bond donors (Lipinski definition) is 1. The lowest BCUT2D eigenvalue weighted by molar-refractivity contribution is 0.00212. The van der Waals surface area contributed by atoms with Crippen LogP contribution in [-0.4, -0.2) is 55.5 Å². The Bertz CT molecular complexity index is 309. The van der Waals surface area contributed by atoms with Gasteiger partial charge in [0.25, 0.3) is 0 Å². The lowest BCUT2D eigenvalue weighted by atomic mass is 9.94. The van der Waals surface area contributed by atoms with Crippen molar-refractivity contribution in [3.05, 3.63) is 0 Å². The van der Waals surface area contributed by atoms with Crippen LogP contribution in [0.5, 0.6) is 0 Å². The van der Waals surface area contributed by atoms with Crippen molar-refractivity contribution in [1.82, 2.24) is 10.2 Å². The van der Waals surface area contributed by atoms with Gasteiger partial charge in [-0.3, -0.25) is 4.90 Å². The van der Waals surface area contributed by atoms with Crippen molar-refractivity contribution in [1.29, 1.82) is 0 Å². The van der Waals surface area contributed by atoms with E-state index in [1.54, 1.807) is 7.05 Å². The third-order valence-electron chi connectivity index (χ3n) is 3.94. The summed E-state index contributed by atoms with van der Waals surface area (Å²) < 4.78 is 11.2. The number of fused-ring (bicyclic) bond motifs is 1. The molecule has 2 fully saturated rings. The van der Waals surface area contributed by atoms with Crippen molar-refractivity contribution >= 4 is 6.09 Å². The number of nitrogens with one attached hydrogen (secondary N) is 1. The zero-order chi connectivity index (χ0) is 13.2. The summed E-state index contributed by atoms with van der Waals surface area (Å²) in [6, 6.07) is 0. The molecule has 2 saturated heterocycles. The van der Waals surface area contributed by atoms with E-state index in [9.17, 15) is 4.79 Å². The van der Waals surface area contributed by atoms with Gasteiger partial charge in [-0.05, 0) is 33.2 Å². The third kappa shape index (κ3) is 2.78. The number of amides is 1. The summed E-state index contributed by atoms with van der Waals surface area (Å²) in [6.45, 7) is 6.80. The molecule has 0 spiro atoms. The van der Waals surface area contributed by atoms with Crippen LogP contribution in [0, 0.1) is 0 Å². The van der Waals surface area contributed by atoms with E-state index in [4.69, 9.17) is 9.47 Å². The molecule has 2 aliphatic rings. The summed E-state index contributed by atoms with van der Waals surface area (Å²) in [5, 5.41) is 2.51. The molecule has 1 unspecified atom stereocenters. The molecule has 2 aliphatic heterocycles. The molecule has 104 valence electrons. The average Bonchev–Trinajstić information content (AvgIpc) is 2.82. The topological polar surface area (TPSA) is 50.8 Å². The first-order valence-corrected chi connectivity index (χ1v) is 6.81. The van der Waals surface area contributed by atoms with Gasteiger partial charge in [-0.2, -0.15) is 0 Å². The molecule has 2 rings (SSSR count). The quantitative estimate of drug-likeness (QED) is 0.825. The summed E-state index contributed by atoms with van der Waals surface area (Å²) >= 11 is 0. The zero-order valence-corrected chi connectivity index (χ0v) is 11.6. The summed E-state index contributed by atoms with van der Waals surface area (Å²) in [5.74, 6) is 0. The van der Waals surface area contributed by atoms with Crippen LogP contribution in [0.25, 0.3) is 0 Å². The minimum atomic E-state index is -0.332. The minimum absolute atomic E-state index is 0.000937. The molecule has 0 bridgehead atoms. The third-order valence-corrected chi connectivity index (χ3v) is 3.94. The highest BCUT2D eigenvalue weighted by atomic mass is 16.6. The summed E-state index contributed by atoms with van der Waals surface area (Å²) in [5.41, 5.74) is 0.100. The molecule has 5 heteroatoms. The van der Waals surface area contributed by atoms with E-state index < -0.39 is 0 Å². The summed E-state index contributed by atoms with van der Waals surface area (Å²) in [7, 11) is 1.59. The van der Waals surface area contributed by atoms with Crippen molar-refractivity contribution in [3.8, 4) is 0 Å². The molecule has 0 aromatic rings. The largest absolute Gasteiger partial charge is 0.445 e. The maximum atomic E-state index is 11.3. The van der Waals surface area contributed by atoms with Crippen LogP contribution in [0.1, 0.15) is 33.1 Å². The molecule has 18 heavy (non-hydrogen) atoms. The smallest absolute Gasteiger partial charge is 0.407 e. The fraction of sp³-hybridized carbons (Fsp3) is 0.923. The Balaban J connectivity index is 1.94. The van der Waals surface area contributed by atoms with Crippen LogP contribution in [0.15, 0.2) is 0 Å². The second-order valence-corrected chi connectivity index (χ2v) is 5.62. The van der Waals surface area contributed by atoms with Crippen molar-refractivity contribution < 1.29 is 14.3 Å². The lowest BCUT2D eigenvalue weighted by Crippen LogP contribution is -2.43. The van der Waals surface area contributed by atoms with Gasteiger partial charge in [-0.25, -0.2) is 4.79 Å². The predicted octanol–water partition coefficient (Wildman–Crippen LogP) is 1.37. The van der Waals surface area contributed by atoms with Crippen LogP contribution >= 0.6 is 0 Å². The zero-order valence-electron chi connectivity index (χ0n) is 11.6. The number of carbonyl (C=O) groups excluding carboxylic acids is 1. The van der Waals surface area contributed by atoms with E-state index >= 15 is 0 Å². The van der Waals surface area contributed by atoms with Crippen LogP contribution in [0.4, 0.5) is 4.79 Å². The van der Waals surface area contributed by atoms with Crippen molar-refractivity contribution in [2.24, 2.45) is 0 Å². The number of nitrogens with zero attached hydrogens (tertiary/aromatic N) is 1. The Kier molecular flexibility index (Phi) is 4.12. The monoisotopic (exact) mass is 256 g/mol. The van der Waals surface area contributed by atoms with E-state index in [0.717, 1.165) is 32.5 Å². The number of rotatable bonds is 4. The predicted molar refractivity (Wildman–Crippen MR) is 68.6 cm³/mol. The molecule has 0 aromatic carbocycles. The average molecular weight is 256 g/mol. The van der Waals surface area contributed by atoms with E-state index in [2.05, 4.69) is 24.1 Å². The molecule has 2 heterocycles. The molecule has 1 amide bonds. The molecular formula is C13H24N2O3. The normalized spacial score (nSPS) is 31.7. The molecule has 0 aliphatic carbocycles. The van der Waals surface area contributed by atoms with Gasteiger partial charge in [0.1, 0.15) is 6.10 Å². The maximum absolute atomic E-state index is 11.3. The molecular weight excluding hydrogens is 232 g/mol. The van der Waals surface area contributed by atoms with E-state index in [1.165, 1.54) is 6.42 Å². The second-order valence-electron chi connectivity index (χ2n) is 5.62. The number of ether oxygens (including phenoxy) is 2. The van der Waals surface area contributed by atoms with E-state index in [-0.39, 0.29) is 23.8 Å². The van der Waals surface area contributed by atoms with Crippen LogP contribution in [0.3, 0.4) is 0 Å². The van der Waals surface area contributed by atoms with Crippen molar-refractivity contribution in [2.45, 2.75) is 50.9 Å². The fourth-order valence-corrected chi connectivity index (χ4v) is 3.08. The highest BCUT2D eigenvalue weighted by Crippen LogP contribution is 2.40. The fourth-order valence-electron chi connectivity index (χ4n) is 3.08. The van der Waals surface area contributed by atoms with Gasteiger partial charge in [-0.15, -0.1) is 0 Å². The number of hydrogen-bond acceptors (Lipinski definition) is 4. The molecule has 0 saturated carbocycles. The molecule has 0 radical (unpaired) electrons. The first-order chi connectivity index (χ1) is 8.55. The number of carbonyl (C=O) groups is 1. The van der Waals surface area contributed by atoms with Gasteiger partial charge in [0, 0.05) is 25.6 Å². The Hall–Kier alpha value is -0.810. The second kappa shape index (κ2) is 5.45. The standard InChI is InChI=1S/C13H24N2O3/c1-10(2)17-9-13-5-4-6-15(13)8-11(7-13)18-12(16)14-3/h10-11H,4-9H2,1-3H3,(H,14,16)/t11?,13-/m1/s1. The first kappa shape index (κ1) is 13.6. The Morgan fingerprint density at radius 2 is 2.33 bits per heavy atom. The Morgan fingerprint density at radius 3 is 3.00 bits per heavy atom. The van der Waals surface area contributed by atoms with Crippen LogP contribution in [0.2, 0.25) is 0 Å². The van der Waals surface area contributed by atoms with E-state index in [0.29, 0.717) is 0 Å². The van der Waals surface area contributed by atoms with Gasteiger partial charge < -0.3 is 14.8 Å². The SMILES string of the molecule is CNC(=O)OC1CN2CCC[C@]2(COC(C)C)C1. The van der Waals surface area contributed by atoms with Gasteiger partial charge >= 0.3 is 6.09 Å². The summed E-state index contributed by atoms with van der Waals surface area (Å²) in [4.78, 5) is 13.7. The Labute approximate surface area is 109 Å². The number of alkyl carbamates (subject to hydrolysis) is 1. The first-order valence-electron chi connectivity index (χ1n) is 6.81. The van der Waals surface area contributed by atoms with E-state index in [1.807, 2.05) is 0 Å². The summed E-state index contributed by atoms with van der Waals surface area (Å²) in [6.07, 6.45) is 3.18. The van der Waals surface area contributed by atoms with Crippen LogP contribution < -0.4 is 5.32 Å². The highest BCUT2D eigenvalue weighted by molar-refractivity contribution is 5.66. The maximum Gasteiger partial charge on any atom is 0.407 e. The minimum Gasteiger partial charge on any atom is -0.445 e. The molecule has 0 aromatic heterocycles. The van der Waals surface area contributed by atoms with Gasteiger partial charge in [-0.1, -0.05) is 0 Å². The van der Waals surface area contributed by atoms with Gasteiger partial charge in [0.05, 0.1) is 12.7 Å². The highest BCUT2D eigenvalue weighted by Gasteiger charge is 2.49. The molecule has 1 N–H and O–H groups in total. The van der Waals surface area contributed by atoms with Crippen molar-refractivity contribution in [3.63, 3.8) is 0 Å². The lowest BCUT2D eigenvalue weighted by Gasteiger charge is -2.32. The van der Waals surface area contributed by atoms with Crippen molar-refractivity contribution in [2.75, 3.05) is 26.7 Å². The van der Waals surface area contributed by atoms with Crippen LogP contribution in [-0.2, 0) is 9.47 Å². The van der Waals surface area contributed by atoms with Gasteiger partial charge in [0.2, 0.25) is 0 Å².